The summed E-state index contributed by atoms with van der Waals surface area (Å²) >= 11 is 24.0. The molecular formula is C19H19Cl4N3O. The number of halogens is 4. The van der Waals surface area contributed by atoms with Gasteiger partial charge in [0, 0.05) is 37.7 Å². The average molecular weight is 447 g/mol. The molecule has 0 bridgehead atoms. The first-order valence-corrected chi connectivity index (χ1v) is 10.1. The molecule has 1 aliphatic heterocycles. The maximum absolute atomic E-state index is 12.3. The van der Waals surface area contributed by atoms with Gasteiger partial charge in [-0.25, -0.2) is 0 Å². The summed E-state index contributed by atoms with van der Waals surface area (Å²) in [5, 5.41) is 4.95. The number of amides is 1. The highest BCUT2D eigenvalue weighted by molar-refractivity contribution is 6.42. The largest absolute Gasteiger partial charge is 0.324 e. The van der Waals surface area contributed by atoms with E-state index >= 15 is 0 Å². The van der Waals surface area contributed by atoms with Crippen LogP contribution in [-0.2, 0) is 11.3 Å². The Labute approximate surface area is 178 Å². The average Bonchev–Trinajstić information content (AvgIpc) is 2.62. The molecule has 0 aromatic heterocycles. The fourth-order valence-electron chi connectivity index (χ4n) is 2.99. The smallest absolute Gasteiger partial charge is 0.238 e. The molecule has 1 saturated heterocycles. The molecule has 0 atom stereocenters. The first-order valence-electron chi connectivity index (χ1n) is 8.54. The van der Waals surface area contributed by atoms with E-state index < -0.39 is 0 Å². The Bertz CT molecular complexity index is 823. The van der Waals surface area contributed by atoms with Gasteiger partial charge >= 0.3 is 0 Å². The first-order chi connectivity index (χ1) is 12.9. The number of carbonyl (C=O) groups is 1. The van der Waals surface area contributed by atoms with Crippen molar-refractivity contribution in [1.29, 1.82) is 0 Å². The number of rotatable bonds is 5. The predicted molar refractivity (Wildman–Crippen MR) is 113 cm³/mol. The number of hydrogen-bond acceptors (Lipinski definition) is 3. The van der Waals surface area contributed by atoms with Crippen LogP contribution in [0.4, 0.5) is 5.69 Å². The van der Waals surface area contributed by atoms with Crippen LogP contribution in [0.15, 0.2) is 36.4 Å². The van der Waals surface area contributed by atoms with Crippen molar-refractivity contribution in [1.82, 2.24) is 9.80 Å². The summed E-state index contributed by atoms with van der Waals surface area (Å²) in [5.74, 6) is -0.0860. The van der Waals surface area contributed by atoms with Gasteiger partial charge in [-0.3, -0.25) is 14.6 Å². The molecule has 1 fully saturated rings. The van der Waals surface area contributed by atoms with E-state index in [1.807, 2.05) is 18.2 Å². The van der Waals surface area contributed by atoms with Crippen molar-refractivity contribution in [2.24, 2.45) is 0 Å². The summed E-state index contributed by atoms with van der Waals surface area (Å²) in [4.78, 5) is 16.7. The first kappa shape index (κ1) is 20.7. The molecule has 144 valence electrons. The van der Waals surface area contributed by atoms with E-state index in [4.69, 9.17) is 46.4 Å². The van der Waals surface area contributed by atoms with Crippen LogP contribution in [0.25, 0.3) is 0 Å². The van der Waals surface area contributed by atoms with Crippen LogP contribution in [0, 0.1) is 0 Å². The van der Waals surface area contributed by atoms with Crippen molar-refractivity contribution in [3.63, 3.8) is 0 Å². The molecule has 0 spiro atoms. The van der Waals surface area contributed by atoms with Gasteiger partial charge in [-0.2, -0.15) is 0 Å². The van der Waals surface area contributed by atoms with Crippen LogP contribution in [0.2, 0.25) is 20.1 Å². The minimum absolute atomic E-state index is 0.0860. The topological polar surface area (TPSA) is 35.6 Å². The maximum atomic E-state index is 12.3. The van der Waals surface area contributed by atoms with E-state index in [0.29, 0.717) is 32.3 Å². The molecule has 4 nitrogen and oxygen atoms in total. The number of nitrogens with zero attached hydrogens (tertiary/aromatic N) is 2. The summed E-state index contributed by atoms with van der Waals surface area (Å²) in [6, 6.07) is 10.7. The van der Waals surface area contributed by atoms with E-state index in [1.54, 1.807) is 18.2 Å². The van der Waals surface area contributed by atoms with E-state index in [2.05, 4.69) is 15.1 Å². The SMILES string of the molecule is O=C(CN1CCN(Cc2ccc(Cl)c(Cl)c2)CC1)Nc1ccc(Cl)cc1Cl. The van der Waals surface area contributed by atoms with Crippen LogP contribution in [0.1, 0.15) is 5.56 Å². The lowest BCUT2D eigenvalue weighted by molar-refractivity contribution is -0.117. The molecule has 1 N–H and O–H groups in total. The summed E-state index contributed by atoms with van der Waals surface area (Å²) in [6.45, 7) is 4.56. The third-order valence-electron chi connectivity index (χ3n) is 4.43. The van der Waals surface area contributed by atoms with E-state index in [-0.39, 0.29) is 5.91 Å². The van der Waals surface area contributed by atoms with Crippen molar-refractivity contribution < 1.29 is 4.79 Å². The quantitative estimate of drug-likeness (QED) is 0.697. The monoisotopic (exact) mass is 445 g/mol. The highest BCUT2D eigenvalue weighted by Crippen LogP contribution is 2.25. The van der Waals surface area contributed by atoms with Gasteiger partial charge in [0.05, 0.1) is 27.3 Å². The molecule has 27 heavy (non-hydrogen) atoms. The molecule has 1 amide bonds. The molecule has 1 heterocycles. The lowest BCUT2D eigenvalue weighted by Gasteiger charge is -2.34. The van der Waals surface area contributed by atoms with Crippen LogP contribution in [-0.4, -0.2) is 48.4 Å². The van der Waals surface area contributed by atoms with Crippen molar-refractivity contribution in [2.45, 2.75) is 6.54 Å². The second-order valence-electron chi connectivity index (χ2n) is 6.47. The Kier molecular flexibility index (Phi) is 7.26. The lowest BCUT2D eigenvalue weighted by Crippen LogP contribution is -2.48. The number of nitrogens with one attached hydrogen (secondary N) is 1. The van der Waals surface area contributed by atoms with E-state index in [9.17, 15) is 4.79 Å². The van der Waals surface area contributed by atoms with Gasteiger partial charge in [0.2, 0.25) is 5.91 Å². The maximum Gasteiger partial charge on any atom is 0.238 e. The lowest BCUT2D eigenvalue weighted by atomic mass is 10.2. The zero-order valence-electron chi connectivity index (χ0n) is 14.5. The Balaban J connectivity index is 1.46. The number of carbonyl (C=O) groups excluding carboxylic acids is 1. The Morgan fingerprint density at radius 1 is 0.852 bits per heavy atom. The number of hydrogen-bond donors (Lipinski definition) is 1. The highest BCUT2D eigenvalue weighted by Gasteiger charge is 2.19. The Morgan fingerprint density at radius 3 is 2.22 bits per heavy atom. The Morgan fingerprint density at radius 2 is 1.56 bits per heavy atom. The Hall–Kier alpha value is -1.01. The molecule has 8 heteroatoms. The minimum atomic E-state index is -0.0860. The fraction of sp³-hybridized carbons (Fsp3) is 0.316. The molecule has 0 radical (unpaired) electrons. The molecule has 1 aliphatic rings. The van der Waals surface area contributed by atoms with E-state index in [0.717, 1.165) is 38.3 Å². The number of piperazine rings is 1. The van der Waals surface area contributed by atoms with Crippen molar-refractivity contribution >= 4 is 58.0 Å². The van der Waals surface area contributed by atoms with Crippen LogP contribution >= 0.6 is 46.4 Å². The normalized spacial score (nSPS) is 15.7. The standard InChI is InChI=1S/C19H19Cl4N3O/c20-14-2-4-18(17(23)10-14)24-19(27)12-26-7-5-25(6-8-26)11-13-1-3-15(21)16(22)9-13/h1-4,9-10H,5-8,11-12H2,(H,24,27). The number of anilines is 1. The van der Waals surface area contributed by atoms with Crippen LogP contribution in [0.3, 0.4) is 0 Å². The summed E-state index contributed by atoms with van der Waals surface area (Å²) in [5.41, 5.74) is 1.71. The third kappa shape index (κ3) is 5.98. The minimum Gasteiger partial charge on any atom is -0.324 e. The highest BCUT2D eigenvalue weighted by atomic mass is 35.5. The predicted octanol–water partition coefficient (Wildman–Crippen LogP) is 5.06. The second-order valence-corrected chi connectivity index (χ2v) is 8.13. The van der Waals surface area contributed by atoms with Crippen LogP contribution < -0.4 is 5.32 Å². The molecule has 2 aromatic rings. The summed E-state index contributed by atoms with van der Waals surface area (Å²) in [7, 11) is 0. The second kappa shape index (κ2) is 9.46. The van der Waals surface area contributed by atoms with Crippen molar-refractivity contribution in [3.8, 4) is 0 Å². The van der Waals surface area contributed by atoms with Gasteiger partial charge in [0.1, 0.15) is 0 Å². The van der Waals surface area contributed by atoms with E-state index in [1.165, 1.54) is 0 Å². The van der Waals surface area contributed by atoms with Gasteiger partial charge in [-0.1, -0.05) is 52.5 Å². The van der Waals surface area contributed by atoms with Crippen molar-refractivity contribution in [2.75, 3.05) is 38.0 Å². The van der Waals surface area contributed by atoms with Gasteiger partial charge < -0.3 is 5.32 Å². The van der Waals surface area contributed by atoms with Gasteiger partial charge in [0.25, 0.3) is 0 Å². The number of benzene rings is 2. The molecule has 2 aromatic carbocycles. The molecule has 3 rings (SSSR count). The van der Waals surface area contributed by atoms with Gasteiger partial charge in [0.15, 0.2) is 0 Å². The zero-order chi connectivity index (χ0) is 19.4. The third-order valence-corrected chi connectivity index (χ3v) is 5.71. The zero-order valence-corrected chi connectivity index (χ0v) is 17.5. The summed E-state index contributed by atoms with van der Waals surface area (Å²) < 4.78 is 0. The van der Waals surface area contributed by atoms with Crippen LogP contribution in [0.5, 0.6) is 0 Å². The summed E-state index contributed by atoms with van der Waals surface area (Å²) in [6.07, 6.45) is 0. The molecule has 0 unspecified atom stereocenters. The molecule has 0 saturated carbocycles. The molecule has 0 aliphatic carbocycles. The molecular weight excluding hydrogens is 428 g/mol. The van der Waals surface area contributed by atoms with Crippen molar-refractivity contribution in [3.05, 3.63) is 62.1 Å². The van der Waals surface area contributed by atoms with Gasteiger partial charge in [-0.05, 0) is 35.9 Å². The fourth-order valence-corrected chi connectivity index (χ4v) is 3.76. The van der Waals surface area contributed by atoms with Gasteiger partial charge in [-0.15, -0.1) is 0 Å².